The van der Waals surface area contributed by atoms with Crippen molar-refractivity contribution in [2.45, 2.75) is 23.9 Å². The van der Waals surface area contributed by atoms with Gasteiger partial charge in [-0.2, -0.15) is 4.31 Å². The number of rotatable bonds is 3. The van der Waals surface area contributed by atoms with Crippen molar-refractivity contribution in [3.63, 3.8) is 0 Å². The van der Waals surface area contributed by atoms with Crippen LogP contribution in [0, 0.1) is 0 Å². The summed E-state index contributed by atoms with van der Waals surface area (Å²) >= 11 is 1.57. The molecule has 3 aromatic rings. The van der Waals surface area contributed by atoms with E-state index in [1.165, 1.54) is 6.33 Å². The van der Waals surface area contributed by atoms with Crippen molar-refractivity contribution in [1.82, 2.24) is 18.8 Å². The van der Waals surface area contributed by atoms with E-state index < -0.39 is 10.0 Å². The predicted octanol–water partition coefficient (Wildman–Crippen LogP) is 2.56. The maximum Gasteiger partial charge on any atom is 0.262 e. The smallest absolute Gasteiger partial charge is 0.262 e. The molecule has 1 aromatic carbocycles. The van der Waals surface area contributed by atoms with Gasteiger partial charge in [-0.3, -0.25) is 0 Å². The Morgan fingerprint density at radius 3 is 2.87 bits per heavy atom. The zero-order valence-corrected chi connectivity index (χ0v) is 14.2. The summed E-state index contributed by atoms with van der Waals surface area (Å²) in [5.41, 5.74) is 0.926. The topological polar surface area (TPSA) is 68.1 Å². The van der Waals surface area contributed by atoms with Crippen molar-refractivity contribution in [3.8, 4) is 0 Å². The van der Waals surface area contributed by atoms with Crippen molar-refractivity contribution >= 4 is 31.6 Å². The predicted molar refractivity (Wildman–Crippen MR) is 88.7 cm³/mol. The van der Waals surface area contributed by atoms with Gasteiger partial charge in [0.05, 0.1) is 22.6 Å². The van der Waals surface area contributed by atoms with E-state index in [0.717, 1.165) is 28.1 Å². The first kappa shape index (κ1) is 14.8. The Labute approximate surface area is 138 Å². The van der Waals surface area contributed by atoms with Gasteiger partial charge in [0.25, 0.3) is 10.0 Å². The molecule has 1 atom stereocenters. The molecule has 3 heterocycles. The Bertz CT molecular complexity index is 928. The molecule has 0 amide bonds. The van der Waals surface area contributed by atoms with Gasteiger partial charge in [-0.05, 0) is 25.0 Å². The van der Waals surface area contributed by atoms with Crippen LogP contribution in [0.3, 0.4) is 0 Å². The van der Waals surface area contributed by atoms with Crippen LogP contribution in [0.5, 0.6) is 0 Å². The van der Waals surface area contributed by atoms with Crippen LogP contribution in [0.15, 0.2) is 41.8 Å². The molecule has 6 nitrogen and oxygen atoms in total. The average molecular weight is 348 g/mol. The zero-order chi connectivity index (χ0) is 16.0. The molecule has 0 spiro atoms. The van der Waals surface area contributed by atoms with Crippen molar-refractivity contribution < 1.29 is 8.42 Å². The molecule has 0 radical (unpaired) electrons. The first-order valence-corrected chi connectivity index (χ1v) is 9.66. The lowest BCUT2D eigenvalue weighted by Crippen LogP contribution is -2.30. The highest BCUT2D eigenvalue weighted by Crippen LogP contribution is 2.39. The molecular formula is C15H16N4O2S2. The third-order valence-corrected chi connectivity index (χ3v) is 6.98. The molecule has 0 unspecified atom stereocenters. The summed E-state index contributed by atoms with van der Waals surface area (Å²) in [6, 6.07) is 7.70. The Hall–Kier alpha value is -1.77. The van der Waals surface area contributed by atoms with E-state index in [4.69, 9.17) is 0 Å². The molecular weight excluding hydrogens is 332 g/mol. The van der Waals surface area contributed by atoms with Crippen molar-refractivity contribution in [2.24, 2.45) is 7.05 Å². The van der Waals surface area contributed by atoms with Gasteiger partial charge in [-0.1, -0.05) is 12.1 Å². The standard InChI is InChI=1S/C15H16N4O2S2/c1-18-9-14(16-10-18)23(20,21)19-8-4-6-12(19)15-17-11-5-2-3-7-13(11)22-15/h2-3,5,7,9-10,12H,4,6,8H2,1H3/t12-/m0/s1. The highest BCUT2D eigenvalue weighted by atomic mass is 32.2. The van der Waals surface area contributed by atoms with Gasteiger partial charge in [0.2, 0.25) is 0 Å². The Kier molecular flexibility index (Phi) is 3.47. The van der Waals surface area contributed by atoms with Crippen LogP contribution in [-0.4, -0.2) is 33.8 Å². The number of para-hydroxylation sites is 1. The van der Waals surface area contributed by atoms with Gasteiger partial charge < -0.3 is 4.57 Å². The number of fused-ring (bicyclic) bond motifs is 1. The largest absolute Gasteiger partial charge is 0.339 e. The number of aryl methyl sites for hydroxylation is 1. The van der Waals surface area contributed by atoms with Crippen LogP contribution in [0.2, 0.25) is 0 Å². The summed E-state index contributed by atoms with van der Waals surface area (Å²) in [7, 11) is -1.82. The van der Waals surface area contributed by atoms with Gasteiger partial charge in [-0.25, -0.2) is 18.4 Å². The van der Waals surface area contributed by atoms with Crippen LogP contribution in [0.1, 0.15) is 23.9 Å². The Balaban J connectivity index is 1.74. The minimum atomic E-state index is -3.58. The second-order valence-corrected chi connectivity index (χ2v) is 8.57. The number of benzene rings is 1. The lowest BCUT2D eigenvalue weighted by atomic mass is 10.2. The van der Waals surface area contributed by atoms with Crippen LogP contribution in [-0.2, 0) is 17.1 Å². The molecule has 8 heteroatoms. The monoisotopic (exact) mass is 348 g/mol. The second-order valence-electron chi connectivity index (χ2n) is 5.67. The molecule has 23 heavy (non-hydrogen) atoms. The van der Waals surface area contributed by atoms with Crippen molar-refractivity contribution in [2.75, 3.05) is 6.54 Å². The number of thiazole rings is 1. The summed E-state index contributed by atoms with van der Waals surface area (Å²) in [4.78, 5) is 8.66. The fourth-order valence-electron chi connectivity index (χ4n) is 2.95. The van der Waals surface area contributed by atoms with Crippen molar-refractivity contribution in [3.05, 3.63) is 41.8 Å². The summed E-state index contributed by atoms with van der Waals surface area (Å²) in [6.07, 6.45) is 4.69. The van der Waals surface area contributed by atoms with Crippen molar-refractivity contribution in [1.29, 1.82) is 0 Å². The Morgan fingerprint density at radius 2 is 2.13 bits per heavy atom. The minimum Gasteiger partial charge on any atom is -0.339 e. The molecule has 0 bridgehead atoms. The molecule has 1 fully saturated rings. The maximum absolute atomic E-state index is 12.9. The fraction of sp³-hybridized carbons (Fsp3) is 0.333. The Morgan fingerprint density at radius 1 is 1.30 bits per heavy atom. The minimum absolute atomic E-state index is 0.105. The highest BCUT2D eigenvalue weighted by Gasteiger charge is 2.38. The van der Waals surface area contributed by atoms with Gasteiger partial charge in [0.1, 0.15) is 5.01 Å². The van der Waals surface area contributed by atoms with Gasteiger partial charge in [-0.15, -0.1) is 11.3 Å². The molecule has 1 aliphatic rings. The van der Waals surface area contributed by atoms with E-state index in [0.29, 0.717) is 6.54 Å². The first-order valence-electron chi connectivity index (χ1n) is 7.41. The SMILES string of the molecule is Cn1cnc(S(=O)(=O)N2CCC[C@H]2c2nc3ccccc3s2)c1. The van der Waals surface area contributed by atoms with E-state index in [2.05, 4.69) is 9.97 Å². The normalized spacial score (nSPS) is 19.6. The summed E-state index contributed by atoms with van der Waals surface area (Å²) < 4.78 is 30.0. The summed E-state index contributed by atoms with van der Waals surface area (Å²) in [6.45, 7) is 0.513. The second kappa shape index (κ2) is 5.40. The fourth-order valence-corrected chi connectivity index (χ4v) is 5.76. The van der Waals surface area contributed by atoms with Gasteiger partial charge in [0.15, 0.2) is 5.03 Å². The quantitative estimate of drug-likeness (QED) is 0.729. The van der Waals surface area contributed by atoms with E-state index >= 15 is 0 Å². The lowest BCUT2D eigenvalue weighted by molar-refractivity contribution is 0.394. The third kappa shape index (κ3) is 2.46. The zero-order valence-electron chi connectivity index (χ0n) is 12.6. The average Bonchev–Trinajstić information content (AvgIpc) is 3.25. The highest BCUT2D eigenvalue weighted by molar-refractivity contribution is 7.89. The van der Waals surface area contributed by atoms with E-state index in [9.17, 15) is 8.42 Å². The third-order valence-electron chi connectivity index (χ3n) is 4.05. The first-order chi connectivity index (χ1) is 11.1. The number of hydrogen-bond donors (Lipinski definition) is 0. The molecule has 0 N–H and O–H groups in total. The summed E-state index contributed by atoms with van der Waals surface area (Å²) in [5, 5.41) is 0.969. The maximum atomic E-state index is 12.9. The molecule has 1 aliphatic heterocycles. The molecule has 120 valence electrons. The van der Waals surface area contributed by atoms with Crippen LogP contribution in [0.25, 0.3) is 10.2 Å². The number of aromatic nitrogens is 3. The molecule has 1 saturated heterocycles. The van der Waals surface area contributed by atoms with Gasteiger partial charge in [0, 0.05) is 19.8 Å². The van der Waals surface area contributed by atoms with Gasteiger partial charge >= 0.3 is 0 Å². The van der Waals surface area contributed by atoms with Crippen LogP contribution in [0.4, 0.5) is 0 Å². The van der Waals surface area contributed by atoms with Crippen LogP contribution >= 0.6 is 11.3 Å². The lowest BCUT2D eigenvalue weighted by Gasteiger charge is -2.21. The summed E-state index contributed by atoms with van der Waals surface area (Å²) in [5.74, 6) is 0. The number of hydrogen-bond acceptors (Lipinski definition) is 5. The van der Waals surface area contributed by atoms with E-state index in [-0.39, 0.29) is 11.1 Å². The molecule has 0 saturated carbocycles. The molecule has 2 aromatic heterocycles. The molecule has 0 aliphatic carbocycles. The number of sulfonamides is 1. The van der Waals surface area contributed by atoms with E-state index in [1.54, 1.807) is 33.5 Å². The number of imidazole rings is 1. The molecule has 4 rings (SSSR count). The number of nitrogens with zero attached hydrogens (tertiary/aromatic N) is 4. The van der Waals surface area contributed by atoms with Crippen LogP contribution < -0.4 is 0 Å². The van der Waals surface area contributed by atoms with E-state index in [1.807, 2.05) is 24.3 Å².